The maximum Gasteiger partial charge on any atom is 0.0701 e. The van der Waals surface area contributed by atoms with Gasteiger partial charge in [-0.15, -0.1) is 11.3 Å². The van der Waals surface area contributed by atoms with E-state index < -0.39 is 0 Å². The second-order valence-electron chi connectivity index (χ2n) is 2.76. The van der Waals surface area contributed by atoms with Gasteiger partial charge >= 0.3 is 0 Å². The van der Waals surface area contributed by atoms with Gasteiger partial charge in [-0.2, -0.15) is 11.8 Å². The highest BCUT2D eigenvalue weighted by atomic mass is 79.9. The molecule has 0 aliphatic carbocycles. The molecule has 74 valence electrons. The Morgan fingerprint density at radius 3 is 2.85 bits per heavy atom. The maximum atomic E-state index is 3.48. The van der Waals surface area contributed by atoms with Crippen LogP contribution in [-0.4, -0.2) is 19.1 Å². The Kier molecular flexibility index (Phi) is 5.39. The van der Waals surface area contributed by atoms with Gasteiger partial charge in [0.1, 0.15) is 0 Å². The van der Waals surface area contributed by atoms with Crippen molar-refractivity contribution in [2.45, 2.75) is 12.5 Å². The molecule has 0 bridgehead atoms. The molecule has 0 spiro atoms. The summed E-state index contributed by atoms with van der Waals surface area (Å²) in [7, 11) is 2.03. The van der Waals surface area contributed by atoms with Crippen LogP contribution in [0.5, 0.6) is 0 Å². The molecule has 0 aromatic carbocycles. The van der Waals surface area contributed by atoms with Crippen LogP contribution in [0.15, 0.2) is 15.9 Å². The molecule has 13 heavy (non-hydrogen) atoms. The van der Waals surface area contributed by atoms with Crippen LogP contribution in [0.4, 0.5) is 0 Å². The SMILES string of the molecule is CNC(CCSC)c1ccc(Br)s1. The molecular weight excluding hydrogens is 266 g/mol. The van der Waals surface area contributed by atoms with E-state index in [-0.39, 0.29) is 0 Å². The van der Waals surface area contributed by atoms with Crippen molar-refractivity contribution in [1.29, 1.82) is 0 Å². The third kappa shape index (κ3) is 3.62. The highest BCUT2D eigenvalue weighted by Crippen LogP contribution is 2.29. The Morgan fingerprint density at radius 1 is 1.62 bits per heavy atom. The highest BCUT2D eigenvalue weighted by Gasteiger charge is 2.10. The number of rotatable bonds is 5. The number of thioether (sulfide) groups is 1. The molecule has 1 rings (SSSR count). The molecule has 0 amide bonds. The molecule has 0 aliphatic rings. The molecule has 1 atom stereocenters. The van der Waals surface area contributed by atoms with Gasteiger partial charge in [0.25, 0.3) is 0 Å². The molecule has 1 aromatic rings. The van der Waals surface area contributed by atoms with Gasteiger partial charge in [-0.1, -0.05) is 0 Å². The fraction of sp³-hybridized carbons (Fsp3) is 0.556. The predicted octanol–water partition coefficient (Wildman–Crippen LogP) is 3.52. The van der Waals surface area contributed by atoms with Crippen LogP contribution in [0, 0.1) is 0 Å². The van der Waals surface area contributed by atoms with Crippen molar-refractivity contribution in [3.63, 3.8) is 0 Å². The predicted molar refractivity (Wildman–Crippen MR) is 66.8 cm³/mol. The number of nitrogens with one attached hydrogen (secondary N) is 1. The van der Waals surface area contributed by atoms with Crippen molar-refractivity contribution in [3.05, 3.63) is 20.8 Å². The van der Waals surface area contributed by atoms with Gasteiger partial charge in [0.2, 0.25) is 0 Å². The Bertz CT molecular complexity index is 250. The van der Waals surface area contributed by atoms with Crippen LogP contribution < -0.4 is 5.32 Å². The van der Waals surface area contributed by atoms with Crippen molar-refractivity contribution in [2.75, 3.05) is 19.1 Å². The van der Waals surface area contributed by atoms with Crippen LogP contribution in [0.1, 0.15) is 17.3 Å². The van der Waals surface area contributed by atoms with E-state index in [9.17, 15) is 0 Å². The topological polar surface area (TPSA) is 12.0 Å². The van der Waals surface area contributed by atoms with Gasteiger partial charge < -0.3 is 5.32 Å². The molecule has 1 unspecified atom stereocenters. The van der Waals surface area contributed by atoms with E-state index in [1.54, 1.807) is 0 Å². The van der Waals surface area contributed by atoms with Gasteiger partial charge in [-0.3, -0.25) is 0 Å². The fourth-order valence-corrected chi connectivity index (χ4v) is 3.22. The normalized spacial score (nSPS) is 13.2. The first-order valence-corrected chi connectivity index (χ1v) is 7.19. The zero-order chi connectivity index (χ0) is 9.68. The van der Waals surface area contributed by atoms with E-state index >= 15 is 0 Å². The van der Waals surface area contributed by atoms with Gasteiger partial charge in [-0.25, -0.2) is 0 Å². The maximum absolute atomic E-state index is 3.48. The lowest BCUT2D eigenvalue weighted by Gasteiger charge is -2.12. The minimum absolute atomic E-state index is 0.517. The van der Waals surface area contributed by atoms with E-state index in [1.807, 2.05) is 30.1 Å². The van der Waals surface area contributed by atoms with E-state index in [2.05, 4.69) is 39.6 Å². The molecule has 1 aromatic heterocycles. The van der Waals surface area contributed by atoms with Crippen LogP contribution in [-0.2, 0) is 0 Å². The highest BCUT2D eigenvalue weighted by molar-refractivity contribution is 9.11. The van der Waals surface area contributed by atoms with E-state index in [0.29, 0.717) is 6.04 Å². The molecule has 1 nitrogen and oxygen atoms in total. The first-order valence-electron chi connectivity index (χ1n) is 4.19. The molecule has 0 fully saturated rings. The molecule has 0 aliphatic heterocycles. The first-order chi connectivity index (χ1) is 6.27. The molecule has 4 heteroatoms. The molecule has 0 radical (unpaired) electrons. The quantitative estimate of drug-likeness (QED) is 0.885. The van der Waals surface area contributed by atoms with Crippen LogP contribution in [0.3, 0.4) is 0 Å². The standard InChI is InChI=1S/C9H14BrNS2/c1-11-7(5-6-12-2)8-3-4-9(10)13-8/h3-4,7,11H,5-6H2,1-2H3. The van der Waals surface area contributed by atoms with Crippen molar-refractivity contribution in [1.82, 2.24) is 5.32 Å². The molecule has 0 saturated carbocycles. The summed E-state index contributed by atoms with van der Waals surface area (Å²) in [6.45, 7) is 0. The van der Waals surface area contributed by atoms with Gasteiger partial charge in [-0.05, 0) is 53.5 Å². The minimum Gasteiger partial charge on any atom is -0.312 e. The van der Waals surface area contributed by atoms with Crippen molar-refractivity contribution in [2.24, 2.45) is 0 Å². The second kappa shape index (κ2) is 6.06. The van der Waals surface area contributed by atoms with E-state index in [0.717, 1.165) is 0 Å². The molecule has 1 N–H and O–H groups in total. The van der Waals surface area contributed by atoms with Crippen molar-refractivity contribution >= 4 is 39.0 Å². The monoisotopic (exact) mass is 279 g/mol. The van der Waals surface area contributed by atoms with E-state index in [1.165, 1.54) is 20.8 Å². The van der Waals surface area contributed by atoms with Crippen LogP contribution >= 0.6 is 39.0 Å². The smallest absolute Gasteiger partial charge is 0.0701 e. The van der Waals surface area contributed by atoms with Crippen LogP contribution in [0.2, 0.25) is 0 Å². The minimum atomic E-state index is 0.517. The summed E-state index contributed by atoms with van der Waals surface area (Å²) in [5.41, 5.74) is 0. The number of hydrogen-bond donors (Lipinski definition) is 1. The lowest BCUT2D eigenvalue weighted by atomic mass is 10.2. The zero-order valence-corrected chi connectivity index (χ0v) is 11.1. The van der Waals surface area contributed by atoms with Crippen molar-refractivity contribution in [3.8, 4) is 0 Å². The summed E-state index contributed by atoms with van der Waals surface area (Å²) in [5, 5.41) is 3.34. The Labute approximate surface area is 96.4 Å². The summed E-state index contributed by atoms with van der Waals surface area (Å²) >= 11 is 7.20. The summed E-state index contributed by atoms with van der Waals surface area (Å²) in [6, 6.07) is 4.82. The summed E-state index contributed by atoms with van der Waals surface area (Å²) in [4.78, 5) is 1.42. The van der Waals surface area contributed by atoms with Crippen molar-refractivity contribution < 1.29 is 0 Å². The average Bonchev–Trinajstić information content (AvgIpc) is 2.54. The van der Waals surface area contributed by atoms with Crippen LogP contribution in [0.25, 0.3) is 0 Å². The lowest BCUT2D eigenvalue weighted by Crippen LogP contribution is -2.15. The average molecular weight is 280 g/mol. The summed E-state index contributed by atoms with van der Waals surface area (Å²) < 4.78 is 1.21. The first kappa shape index (κ1) is 11.6. The molecular formula is C9H14BrNS2. The molecule has 1 heterocycles. The second-order valence-corrected chi connectivity index (χ2v) is 6.24. The van der Waals surface area contributed by atoms with Gasteiger partial charge in [0.05, 0.1) is 3.79 Å². The number of thiophene rings is 1. The third-order valence-corrected chi connectivity index (χ3v) is 4.28. The van der Waals surface area contributed by atoms with E-state index in [4.69, 9.17) is 0 Å². The Balaban J connectivity index is 2.56. The number of halogens is 1. The fourth-order valence-electron chi connectivity index (χ4n) is 1.18. The Morgan fingerprint density at radius 2 is 2.38 bits per heavy atom. The van der Waals surface area contributed by atoms with Gasteiger partial charge in [0, 0.05) is 10.9 Å². The largest absolute Gasteiger partial charge is 0.312 e. The summed E-state index contributed by atoms with van der Waals surface area (Å²) in [6.07, 6.45) is 3.35. The molecule has 0 saturated heterocycles. The zero-order valence-electron chi connectivity index (χ0n) is 7.84. The summed E-state index contributed by atoms with van der Waals surface area (Å²) in [5.74, 6) is 1.21. The lowest BCUT2D eigenvalue weighted by molar-refractivity contribution is 0.591. The number of hydrogen-bond acceptors (Lipinski definition) is 3. The Hall–Kier alpha value is 0.490. The van der Waals surface area contributed by atoms with Gasteiger partial charge in [0.15, 0.2) is 0 Å². The third-order valence-electron chi connectivity index (χ3n) is 1.90.